The molecular formula is C24H21NO3. The van der Waals surface area contributed by atoms with Crippen LogP contribution < -0.4 is 4.74 Å². The second kappa shape index (κ2) is 7.71. The molecule has 0 amide bonds. The van der Waals surface area contributed by atoms with Gasteiger partial charge in [-0.15, -0.1) is 0 Å². The molecule has 0 spiro atoms. The maximum atomic E-state index is 12.8. The number of carbonyl (C=O) groups is 1. The summed E-state index contributed by atoms with van der Waals surface area (Å²) in [6.45, 7) is 1.19. The van der Waals surface area contributed by atoms with Gasteiger partial charge in [-0.1, -0.05) is 60.7 Å². The summed E-state index contributed by atoms with van der Waals surface area (Å²) in [5, 5.41) is 10.4. The highest BCUT2D eigenvalue weighted by atomic mass is 16.5. The molecule has 1 aliphatic heterocycles. The van der Waals surface area contributed by atoms with Gasteiger partial charge in [0.2, 0.25) is 5.78 Å². The molecule has 140 valence electrons. The van der Waals surface area contributed by atoms with E-state index in [0.29, 0.717) is 23.4 Å². The van der Waals surface area contributed by atoms with Gasteiger partial charge < -0.3 is 9.84 Å². The summed E-state index contributed by atoms with van der Waals surface area (Å²) in [4.78, 5) is 14.8. The van der Waals surface area contributed by atoms with Crippen LogP contribution in [0.3, 0.4) is 0 Å². The predicted octanol–water partition coefficient (Wildman–Crippen LogP) is 4.64. The number of allylic oxidation sites excluding steroid dienone is 1. The van der Waals surface area contributed by atoms with E-state index >= 15 is 0 Å². The van der Waals surface area contributed by atoms with Crippen molar-refractivity contribution in [3.63, 3.8) is 0 Å². The summed E-state index contributed by atoms with van der Waals surface area (Å²) in [5.41, 5.74) is 3.19. The molecule has 1 N–H and O–H groups in total. The summed E-state index contributed by atoms with van der Waals surface area (Å²) < 4.78 is 5.91. The van der Waals surface area contributed by atoms with Crippen LogP contribution in [0, 0.1) is 0 Å². The third kappa shape index (κ3) is 3.68. The van der Waals surface area contributed by atoms with Crippen LogP contribution in [0.25, 0.3) is 6.08 Å². The zero-order valence-corrected chi connectivity index (χ0v) is 15.6. The van der Waals surface area contributed by atoms with Gasteiger partial charge in [0.05, 0.1) is 11.1 Å². The Bertz CT molecular complexity index is 1030. The van der Waals surface area contributed by atoms with Crippen LogP contribution in [-0.4, -0.2) is 22.8 Å². The minimum atomic E-state index is -0.161. The van der Waals surface area contributed by atoms with Crippen molar-refractivity contribution in [2.24, 2.45) is 0 Å². The second-order valence-corrected chi connectivity index (χ2v) is 6.95. The molecule has 1 heterocycles. The average molecular weight is 371 g/mol. The van der Waals surface area contributed by atoms with Crippen molar-refractivity contribution in [3.05, 3.63) is 101 Å². The Morgan fingerprint density at radius 2 is 1.61 bits per heavy atom. The second-order valence-electron chi connectivity index (χ2n) is 6.95. The first-order valence-electron chi connectivity index (χ1n) is 9.18. The Hall–Kier alpha value is -3.37. The molecule has 4 nitrogen and oxygen atoms in total. The van der Waals surface area contributed by atoms with Gasteiger partial charge in [-0.2, -0.15) is 0 Å². The zero-order chi connectivity index (χ0) is 19.5. The van der Waals surface area contributed by atoms with Crippen molar-refractivity contribution in [2.45, 2.75) is 13.1 Å². The molecule has 3 aromatic carbocycles. The van der Waals surface area contributed by atoms with Crippen LogP contribution in [0.2, 0.25) is 0 Å². The minimum Gasteiger partial charge on any atom is -0.507 e. The van der Waals surface area contributed by atoms with E-state index in [2.05, 4.69) is 17.0 Å². The first-order chi connectivity index (χ1) is 13.6. The van der Waals surface area contributed by atoms with E-state index in [9.17, 15) is 9.90 Å². The molecule has 0 aliphatic carbocycles. The van der Waals surface area contributed by atoms with E-state index in [1.807, 2.05) is 55.6 Å². The van der Waals surface area contributed by atoms with Gasteiger partial charge in [-0.05, 0) is 36.4 Å². The van der Waals surface area contributed by atoms with Crippen molar-refractivity contribution in [3.8, 4) is 11.5 Å². The van der Waals surface area contributed by atoms with Gasteiger partial charge in [0.1, 0.15) is 11.5 Å². The lowest BCUT2D eigenvalue weighted by atomic mass is 10.0. The van der Waals surface area contributed by atoms with E-state index < -0.39 is 0 Å². The largest absolute Gasteiger partial charge is 0.507 e. The standard InChI is InChI=1S/C24H21NO3/c1-25(15-18-10-6-3-7-11-18)16-20-21(26)13-12-19-23(27)22(28-24(19)20)14-17-8-4-2-5-9-17/h2-14,26H,15-16H2,1H3/b22-14-. The Morgan fingerprint density at radius 1 is 0.929 bits per heavy atom. The van der Waals surface area contributed by atoms with Crippen molar-refractivity contribution in [1.82, 2.24) is 4.90 Å². The molecule has 4 rings (SSSR count). The van der Waals surface area contributed by atoms with E-state index in [1.165, 1.54) is 5.56 Å². The topological polar surface area (TPSA) is 49.8 Å². The molecule has 0 radical (unpaired) electrons. The van der Waals surface area contributed by atoms with Gasteiger partial charge >= 0.3 is 0 Å². The molecule has 1 aliphatic rings. The molecule has 4 heteroatoms. The first kappa shape index (κ1) is 18.0. The molecule has 0 bridgehead atoms. The highest BCUT2D eigenvalue weighted by Gasteiger charge is 2.31. The first-order valence-corrected chi connectivity index (χ1v) is 9.18. The summed E-state index contributed by atoms with van der Waals surface area (Å²) in [5.74, 6) is 0.698. The average Bonchev–Trinajstić information content (AvgIpc) is 3.01. The zero-order valence-electron chi connectivity index (χ0n) is 15.6. The van der Waals surface area contributed by atoms with Crippen molar-refractivity contribution < 1.29 is 14.6 Å². The lowest BCUT2D eigenvalue weighted by Crippen LogP contribution is -2.17. The molecule has 0 fully saturated rings. The molecule has 0 unspecified atom stereocenters. The summed E-state index contributed by atoms with van der Waals surface area (Å²) in [6, 6.07) is 22.9. The third-order valence-electron chi connectivity index (χ3n) is 4.74. The van der Waals surface area contributed by atoms with Crippen LogP contribution in [0.1, 0.15) is 27.0 Å². The number of ketones is 1. The molecule has 3 aromatic rings. The summed E-state index contributed by atoms with van der Waals surface area (Å²) in [7, 11) is 1.98. The number of Topliss-reactive ketones (excluding diaryl/α,β-unsaturated/α-hetero) is 1. The number of ether oxygens (including phenoxy) is 1. The van der Waals surface area contributed by atoms with Crippen molar-refractivity contribution >= 4 is 11.9 Å². The number of rotatable bonds is 5. The maximum absolute atomic E-state index is 12.8. The fourth-order valence-corrected chi connectivity index (χ4v) is 3.37. The van der Waals surface area contributed by atoms with E-state index in [4.69, 9.17) is 4.74 Å². The van der Waals surface area contributed by atoms with Crippen molar-refractivity contribution in [1.29, 1.82) is 0 Å². The molecule has 28 heavy (non-hydrogen) atoms. The monoisotopic (exact) mass is 371 g/mol. The van der Waals surface area contributed by atoms with Crippen LogP contribution >= 0.6 is 0 Å². The van der Waals surface area contributed by atoms with Gasteiger partial charge in [0.25, 0.3) is 0 Å². The number of carbonyl (C=O) groups excluding carboxylic acids is 1. The SMILES string of the molecule is CN(Cc1ccccc1)Cc1c(O)ccc2c1O/C(=C\c1ccccc1)C2=O. The lowest BCUT2D eigenvalue weighted by molar-refractivity contribution is 0.101. The smallest absolute Gasteiger partial charge is 0.231 e. The maximum Gasteiger partial charge on any atom is 0.231 e. The number of nitrogens with zero attached hydrogens (tertiary/aromatic N) is 1. The fourth-order valence-electron chi connectivity index (χ4n) is 3.37. The molecule has 0 saturated heterocycles. The van der Waals surface area contributed by atoms with Crippen molar-refractivity contribution in [2.75, 3.05) is 7.05 Å². The quantitative estimate of drug-likeness (QED) is 0.664. The third-order valence-corrected chi connectivity index (χ3v) is 4.74. The number of phenols is 1. The lowest BCUT2D eigenvalue weighted by Gasteiger charge is -2.19. The van der Waals surface area contributed by atoms with Crippen LogP contribution in [-0.2, 0) is 13.1 Å². The minimum absolute atomic E-state index is 0.132. The van der Waals surface area contributed by atoms with Gasteiger partial charge in [0.15, 0.2) is 5.76 Å². The Kier molecular flexibility index (Phi) is 4.96. The highest BCUT2D eigenvalue weighted by molar-refractivity contribution is 6.15. The Morgan fingerprint density at radius 3 is 2.32 bits per heavy atom. The van der Waals surface area contributed by atoms with Crippen LogP contribution in [0.15, 0.2) is 78.6 Å². The number of hydrogen-bond donors (Lipinski definition) is 1. The molecule has 0 saturated carbocycles. The Labute approximate surface area is 164 Å². The number of benzene rings is 3. The van der Waals surface area contributed by atoms with Crippen LogP contribution in [0.4, 0.5) is 0 Å². The fraction of sp³-hybridized carbons (Fsp3) is 0.125. The number of fused-ring (bicyclic) bond motifs is 1. The number of phenolic OH excluding ortho intramolecular Hbond substituents is 1. The molecule has 0 aromatic heterocycles. The van der Waals surface area contributed by atoms with Gasteiger partial charge in [0, 0.05) is 13.1 Å². The highest BCUT2D eigenvalue weighted by Crippen LogP contribution is 2.40. The van der Waals surface area contributed by atoms with Crippen LogP contribution in [0.5, 0.6) is 11.5 Å². The van der Waals surface area contributed by atoms with E-state index in [-0.39, 0.29) is 17.3 Å². The molecule has 0 atom stereocenters. The number of hydrogen-bond acceptors (Lipinski definition) is 4. The Balaban J connectivity index is 1.60. The summed E-state index contributed by atoms with van der Waals surface area (Å²) >= 11 is 0. The summed E-state index contributed by atoms with van der Waals surface area (Å²) in [6.07, 6.45) is 1.73. The number of aromatic hydroxyl groups is 1. The van der Waals surface area contributed by atoms with E-state index in [0.717, 1.165) is 12.1 Å². The normalized spacial score (nSPS) is 14.4. The predicted molar refractivity (Wildman–Crippen MR) is 109 cm³/mol. The van der Waals surface area contributed by atoms with Gasteiger partial charge in [-0.25, -0.2) is 0 Å². The molecular weight excluding hydrogens is 350 g/mol. The van der Waals surface area contributed by atoms with E-state index in [1.54, 1.807) is 18.2 Å². The van der Waals surface area contributed by atoms with Gasteiger partial charge in [-0.3, -0.25) is 9.69 Å².